The molecule has 6 heteroatoms. The summed E-state index contributed by atoms with van der Waals surface area (Å²) in [5.74, 6) is 0.606. The number of nitrogens with zero attached hydrogens (tertiary/aromatic N) is 1. The topological polar surface area (TPSA) is 61.8 Å². The molecule has 0 aliphatic carbocycles. The number of carbonyl (C=O) groups excluding carboxylic acids is 1. The molecule has 1 fully saturated rings. The Bertz CT molecular complexity index is 467. The molecule has 0 aromatic heterocycles. The Morgan fingerprint density at radius 2 is 2.37 bits per heavy atom. The SMILES string of the molecule is COc1ccc(Br)cc1NC(=O)N1CCCC(O)C1. The highest BCUT2D eigenvalue weighted by atomic mass is 79.9. The van der Waals surface area contributed by atoms with Crippen molar-refractivity contribution in [3.63, 3.8) is 0 Å². The molecule has 1 saturated heterocycles. The fourth-order valence-electron chi connectivity index (χ4n) is 2.11. The van der Waals surface area contributed by atoms with E-state index < -0.39 is 6.10 Å². The fraction of sp³-hybridized carbons (Fsp3) is 0.462. The summed E-state index contributed by atoms with van der Waals surface area (Å²) in [7, 11) is 1.56. The largest absolute Gasteiger partial charge is 0.495 e. The van der Waals surface area contributed by atoms with Crippen LogP contribution < -0.4 is 10.1 Å². The van der Waals surface area contributed by atoms with Crippen molar-refractivity contribution in [3.8, 4) is 5.75 Å². The van der Waals surface area contributed by atoms with Gasteiger partial charge in [0.05, 0.1) is 18.9 Å². The van der Waals surface area contributed by atoms with Crippen LogP contribution in [0.5, 0.6) is 5.75 Å². The van der Waals surface area contributed by atoms with Crippen LogP contribution in [0.1, 0.15) is 12.8 Å². The first kappa shape index (κ1) is 14.1. The second kappa shape index (κ2) is 6.25. The number of halogens is 1. The molecule has 0 spiro atoms. The molecule has 5 nitrogen and oxygen atoms in total. The molecule has 1 aromatic rings. The Morgan fingerprint density at radius 1 is 1.58 bits per heavy atom. The number of piperidine rings is 1. The lowest BCUT2D eigenvalue weighted by molar-refractivity contribution is 0.0883. The molecule has 2 rings (SSSR count). The average Bonchev–Trinajstić information content (AvgIpc) is 2.39. The molecule has 1 atom stereocenters. The zero-order valence-electron chi connectivity index (χ0n) is 10.7. The van der Waals surface area contributed by atoms with Gasteiger partial charge in [-0.25, -0.2) is 4.79 Å². The molecule has 104 valence electrons. The maximum absolute atomic E-state index is 12.1. The summed E-state index contributed by atoms with van der Waals surface area (Å²) in [5, 5.41) is 12.4. The second-order valence-electron chi connectivity index (χ2n) is 4.52. The Kier molecular flexibility index (Phi) is 4.66. The molecule has 0 radical (unpaired) electrons. The van der Waals surface area contributed by atoms with E-state index in [-0.39, 0.29) is 6.03 Å². The van der Waals surface area contributed by atoms with Crippen molar-refractivity contribution in [1.82, 2.24) is 4.90 Å². The van der Waals surface area contributed by atoms with E-state index in [1.54, 1.807) is 24.1 Å². The molecular weight excluding hydrogens is 312 g/mol. The molecule has 2 amide bonds. The molecule has 1 unspecified atom stereocenters. The van der Waals surface area contributed by atoms with Gasteiger partial charge in [0.15, 0.2) is 0 Å². The Labute approximate surface area is 120 Å². The molecule has 0 saturated carbocycles. The molecule has 0 bridgehead atoms. The van der Waals surface area contributed by atoms with E-state index in [1.807, 2.05) is 6.07 Å². The summed E-state index contributed by atoms with van der Waals surface area (Å²) in [6.45, 7) is 1.04. The summed E-state index contributed by atoms with van der Waals surface area (Å²) in [6, 6.07) is 5.20. The van der Waals surface area contributed by atoms with Crippen molar-refractivity contribution in [2.75, 3.05) is 25.5 Å². The van der Waals surface area contributed by atoms with Gasteiger partial charge in [-0.05, 0) is 31.0 Å². The van der Waals surface area contributed by atoms with Crippen molar-refractivity contribution in [2.24, 2.45) is 0 Å². The van der Waals surface area contributed by atoms with E-state index in [2.05, 4.69) is 21.2 Å². The number of benzene rings is 1. The summed E-state index contributed by atoms with van der Waals surface area (Å²) in [4.78, 5) is 13.7. The number of ether oxygens (including phenoxy) is 1. The van der Waals surface area contributed by atoms with E-state index in [1.165, 1.54) is 0 Å². The lowest BCUT2D eigenvalue weighted by atomic mass is 10.1. The number of nitrogens with one attached hydrogen (secondary N) is 1. The molecule has 1 aromatic carbocycles. The lowest BCUT2D eigenvalue weighted by Gasteiger charge is -2.30. The van der Waals surface area contributed by atoms with E-state index in [9.17, 15) is 9.90 Å². The first-order valence-corrected chi connectivity index (χ1v) is 6.97. The van der Waals surface area contributed by atoms with Gasteiger partial charge in [-0.1, -0.05) is 15.9 Å². The van der Waals surface area contributed by atoms with Crippen LogP contribution in [0, 0.1) is 0 Å². The zero-order chi connectivity index (χ0) is 13.8. The maximum Gasteiger partial charge on any atom is 0.322 e. The van der Waals surface area contributed by atoms with Crippen LogP contribution in [0.2, 0.25) is 0 Å². The molecule has 19 heavy (non-hydrogen) atoms. The number of aliphatic hydroxyl groups excluding tert-OH is 1. The first-order chi connectivity index (χ1) is 9.10. The fourth-order valence-corrected chi connectivity index (χ4v) is 2.47. The number of hydrogen-bond acceptors (Lipinski definition) is 3. The van der Waals surface area contributed by atoms with Crippen LogP contribution >= 0.6 is 15.9 Å². The predicted octanol–water partition coefficient (Wildman–Crippen LogP) is 2.45. The molecule has 2 N–H and O–H groups in total. The van der Waals surface area contributed by atoms with Gasteiger partial charge in [-0.15, -0.1) is 0 Å². The van der Waals surface area contributed by atoms with E-state index >= 15 is 0 Å². The minimum absolute atomic E-state index is 0.213. The minimum Gasteiger partial charge on any atom is -0.495 e. The monoisotopic (exact) mass is 328 g/mol. The van der Waals surface area contributed by atoms with Crippen molar-refractivity contribution in [2.45, 2.75) is 18.9 Å². The number of hydrogen-bond donors (Lipinski definition) is 2. The number of carbonyl (C=O) groups is 1. The summed E-state index contributed by atoms with van der Waals surface area (Å²) < 4.78 is 6.07. The second-order valence-corrected chi connectivity index (χ2v) is 5.43. The van der Waals surface area contributed by atoms with Gasteiger partial charge in [-0.2, -0.15) is 0 Å². The Balaban J connectivity index is 2.07. The van der Waals surface area contributed by atoms with Crippen LogP contribution in [0.4, 0.5) is 10.5 Å². The van der Waals surface area contributed by atoms with Crippen LogP contribution in [-0.4, -0.2) is 42.3 Å². The number of aliphatic hydroxyl groups is 1. The zero-order valence-corrected chi connectivity index (χ0v) is 12.3. The normalized spacial score (nSPS) is 19.1. The highest BCUT2D eigenvalue weighted by Crippen LogP contribution is 2.28. The van der Waals surface area contributed by atoms with Gasteiger partial charge in [0.2, 0.25) is 0 Å². The standard InChI is InChI=1S/C13H17BrN2O3/c1-19-12-5-4-9(14)7-11(12)15-13(18)16-6-2-3-10(17)8-16/h4-5,7,10,17H,2-3,6,8H2,1H3,(H,15,18). The van der Waals surface area contributed by atoms with E-state index in [4.69, 9.17) is 4.74 Å². The van der Waals surface area contributed by atoms with Gasteiger partial charge in [0.25, 0.3) is 0 Å². The van der Waals surface area contributed by atoms with Crippen molar-refractivity contribution in [3.05, 3.63) is 22.7 Å². The molecule has 1 aliphatic rings. The quantitative estimate of drug-likeness (QED) is 0.876. The highest BCUT2D eigenvalue weighted by Gasteiger charge is 2.22. The number of urea groups is 1. The third-order valence-corrected chi connectivity index (χ3v) is 3.58. The Hall–Kier alpha value is -1.27. The van der Waals surface area contributed by atoms with Gasteiger partial charge in [0.1, 0.15) is 5.75 Å². The van der Waals surface area contributed by atoms with Crippen LogP contribution in [0.25, 0.3) is 0 Å². The third kappa shape index (κ3) is 3.61. The average molecular weight is 329 g/mol. The summed E-state index contributed by atoms with van der Waals surface area (Å²) in [5.41, 5.74) is 0.613. The summed E-state index contributed by atoms with van der Waals surface area (Å²) in [6.07, 6.45) is 1.15. The number of β-amino-alcohol motifs (C(OH)–C–C–N with tert-alkyl or cyclic N) is 1. The molecule has 1 aliphatic heterocycles. The van der Waals surface area contributed by atoms with Crippen LogP contribution in [-0.2, 0) is 0 Å². The number of likely N-dealkylation sites (tertiary alicyclic amines) is 1. The number of amides is 2. The Morgan fingerprint density at radius 3 is 3.05 bits per heavy atom. The molecule has 1 heterocycles. The van der Waals surface area contributed by atoms with Gasteiger partial charge in [-0.3, -0.25) is 0 Å². The van der Waals surface area contributed by atoms with E-state index in [0.717, 1.165) is 17.3 Å². The number of rotatable bonds is 2. The number of anilines is 1. The van der Waals surface area contributed by atoms with E-state index in [0.29, 0.717) is 24.5 Å². The lowest BCUT2D eigenvalue weighted by Crippen LogP contribution is -2.44. The van der Waals surface area contributed by atoms with Crippen molar-refractivity contribution < 1.29 is 14.6 Å². The third-order valence-electron chi connectivity index (χ3n) is 3.09. The van der Waals surface area contributed by atoms with Gasteiger partial charge < -0.3 is 20.1 Å². The van der Waals surface area contributed by atoms with Crippen molar-refractivity contribution in [1.29, 1.82) is 0 Å². The van der Waals surface area contributed by atoms with Gasteiger partial charge in [0, 0.05) is 17.6 Å². The van der Waals surface area contributed by atoms with Crippen LogP contribution in [0.3, 0.4) is 0 Å². The highest BCUT2D eigenvalue weighted by molar-refractivity contribution is 9.10. The number of methoxy groups -OCH3 is 1. The smallest absolute Gasteiger partial charge is 0.322 e. The van der Waals surface area contributed by atoms with Crippen molar-refractivity contribution >= 4 is 27.6 Å². The molecular formula is C13H17BrN2O3. The predicted molar refractivity (Wildman–Crippen MR) is 76.5 cm³/mol. The first-order valence-electron chi connectivity index (χ1n) is 6.17. The van der Waals surface area contributed by atoms with Crippen LogP contribution in [0.15, 0.2) is 22.7 Å². The van der Waals surface area contributed by atoms with Gasteiger partial charge >= 0.3 is 6.03 Å². The summed E-state index contributed by atoms with van der Waals surface area (Å²) >= 11 is 3.36. The maximum atomic E-state index is 12.1. The minimum atomic E-state index is -0.427.